The number of methoxy groups -OCH3 is 1. The zero-order valence-electron chi connectivity index (χ0n) is 14.0. The fourth-order valence-electron chi connectivity index (χ4n) is 2.80. The molecule has 1 heterocycles. The van der Waals surface area contributed by atoms with Crippen LogP contribution in [0.1, 0.15) is 17.5 Å². The van der Waals surface area contributed by atoms with Gasteiger partial charge in [-0.2, -0.15) is 0 Å². The maximum Gasteiger partial charge on any atom is 0.221 e. The molecule has 0 saturated heterocycles. The molecule has 1 aromatic rings. The van der Waals surface area contributed by atoms with Gasteiger partial charge in [-0.25, -0.2) is 4.99 Å². The number of aliphatic imine (C=N–C) groups is 1. The summed E-state index contributed by atoms with van der Waals surface area (Å²) in [6.07, 6.45) is 8.87. The summed E-state index contributed by atoms with van der Waals surface area (Å²) in [5.41, 5.74) is 3.47. The first-order valence-corrected chi connectivity index (χ1v) is 7.89. The molecule has 1 aliphatic carbocycles. The van der Waals surface area contributed by atoms with E-state index in [0.717, 1.165) is 28.9 Å². The zero-order valence-corrected chi connectivity index (χ0v) is 14.0. The number of phenols is 1. The number of benzene rings is 1. The molecular formula is C20H21NO3. The predicted molar refractivity (Wildman–Crippen MR) is 95.2 cm³/mol. The molecule has 4 heteroatoms. The summed E-state index contributed by atoms with van der Waals surface area (Å²) >= 11 is 0. The van der Waals surface area contributed by atoms with Crippen LogP contribution in [0.3, 0.4) is 0 Å². The predicted octanol–water partition coefficient (Wildman–Crippen LogP) is 3.82. The van der Waals surface area contributed by atoms with Crippen molar-refractivity contribution in [1.82, 2.24) is 0 Å². The van der Waals surface area contributed by atoms with Gasteiger partial charge in [0.15, 0.2) is 0 Å². The van der Waals surface area contributed by atoms with E-state index >= 15 is 0 Å². The van der Waals surface area contributed by atoms with Gasteiger partial charge in [0.2, 0.25) is 5.90 Å². The Hall–Kier alpha value is -2.75. The molecule has 0 radical (unpaired) electrons. The summed E-state index contributed by atoms with van der Waals surface area (Å²) in [5, 5.41) is 10.1. The Morgan fingerprint density at radius 1 is 1.38 bits per heavy atom. The topological polar surface area (TPSA) is 51.0 Å². The van der Waals surface area contributed by atoms with Crippen molar-refractivity contribution < 1.29 is 14.6 Å². The Labute approximate surface area is 142 Å². The third kappa shape index (κ3) is 3.13. The lowest BCUT2D eigenvalue weighted by Crippen LogP contribution is -2.27. The van der Waals surface area contributed by atoms with Gasteiger partial charge in [-0.05, 0) is 37.1 Å². The minimum Gasteiger partial charge on any atom is -0.507 e. The van der Waals surface area contributed by atoms with Gasteiger partial charge < -0.3 is 14.6 Å². The third-order valence-corrected chi connectivity index (χ3v) is 4.07. The van der Waals surface area contributed by atoms with Crippen LogP contribution in [-0.2, 0) is 9.47 Å². The number of ether oxygens (including phenoxy) is 2. The zero-order chi connectivity index (χ0) is 17.1. The van der Waals surface area contributed by atoms with Crippen LogP contribution in [0.2, 0.25) is 0 Å². The molecule has 4 nitrogen and oxygen atoms in total. The minimum absolute atomic E-state index is 0.157. The molecule has 1 N–H and O–H groups in total. The lowest BCUT2D eigenvalue weighted by Gasteiger charge is -2.26. The maximum atomic E-state index is 10.1. The normalized spacial score (nSPS) is 20.5. The maximum absolute atomic E-state index is 10.1. The highest BCUT2D eigenvalue weighted by molar-refractivity contribution is 5.98. The molecule has 0 amide bonds. The number of aromatic hydroxyl groups is 1. The Morgan fingerprint density at radius 3 is 3.00 bits per heavy atom. The van der Waals surface area contributed by atoms with Gasteiger partial charge in [-0.1, -0.05) is 36.4 Å². The number of hydrogen-bond donors (Lipinski definition) is 1. The Bertz CT molecular complexity index is 784. The SMILES string of the molecule is C=C1COC(c2cc(C)ccc2O)=NC1C1=CCC=CC=C1OC. The van der Waals surface area contributed by atoms with Crippen molar-refractivity contribution in [3.8, 4) is 5.75 Å². The van der Waals surface area contributed by atoms with Gasteiger partial charge >= 0.3 is 0 Å². The van der Waals surface area contributed by atoms with Crippen LogP contribution >= 0.6 is 0 Å². The molecule has 0 spiro atoms. The Balaban J connectivity index is 2.03. The van der Waals surface area contributed by atoms with Gasteiger partial charge in [0.25, 0.3) is 0 Å². The van der Waals surface area contributed by atoms with E-state index in [1.54, 1.807) is 13.2 Å². The molecule has 2 aliphatic rings. The second-order valence-corrected chi connectivity index (χ2v) is 5.86. The second-order valence-electron chi connectivity index (χ2n) is 5.86. The van der Waals surface area contributed by atoms with E-state index in [1.807, 2.05) is 31.2 Å². The fourth-order valence-corrected chi connectivity index (χ4v) is 2.80. The number of rotatable bonds is 3. The molecule has 1 unspecified atom stereocenters. The van der Waals surface area contributed by atoms with Crippen LogP contribution in [0.25, 0.3) is 0 Å². The van der Waals surface area contributed by atoms with E-state index in [-0.39, 0.29) is 11.8 Å². The van der Waals surface area contributed by atoms with Crippen molar-refractivity contribution in [1.29, 1.82) is 0 Å². The van der Waals surface area contributed by atoms with E-state index in [4.69, 9.17) is 14.5 Å². The third-order valence-electron chi connectivity index (χ3n) is 4.07. The lowest BCUT2D eigenvalue weighted by atomic mass is 9.97. The van der Waals surface area contributed by atoms with Crippen LogP contribution in [-0.4, -0.2) is 30.8 Å². The monoisotopic (exact) mass is 323 g/mol. The van der Waals surface area contributed by atoms with Gasteiger partial charge in [-0.15, -0.1) is 0 Å². The molecule has 1 aromatic carbocycles. The van der Waals surface area contributed by atoms with E-state index < -0.39 is 0 Å². The summed E-state index contributed by atoms with van der Waals surface area (Å²) in [5.74, 6) is 1.36. The molecule has 0 bridgehead atoms. The van der Waals surface area contributed by atoms with Crippen LogP contribution in [0.4, 0.5) is 0 Å². The van der Waals surface area contributed by atoms with Crippen molar-refractivity contribution in [2.45, 2.75) is 19.4 Å². The van der Waals surface area contributed by atoms with Crippen molar-refractivity contribution in [3.63, 3.8) is 0 Å². The van der Waals surface area contributed by atoms with Crippen molar-refractivity contribution in [2.24, 2.45) is 4.99 Å². The number of hydrogen-bond acceptors (Lipinski definition) is 4. The second kappa shape index (κ2) is 6.79. The van der Waals surface area contributed by atoms with Gasteiger partial charge in [0.1, 0.15) is 24.2 Å². The molecule has 0 fully saturated rings. The average Bonchev–Trinajstić information content (AvgIpc) is 2.83. The Morgan fingerprint density at radius 2 is 2.21 bits per heavy atom. The van der Waals surface area contributed by atoms with Gasteiger partial charge in [-0.3, -0.25) is 0 Å². The van der Waals surface area contributed by atoms with E-state index in [2.05, 4.69) is 18.7 Å². The van der Waals surface area contributed by atoms with Crippen molar-refractivity contribution in [2.75, 3.05) is 13.7 Å². The summed E-state index contributed by atoms with van der Waals surface area (Å²) in [4.78, 5) is 4.72. The molecule has 3 rings (SSSR count). The standard InChI is InChI=1S/C20H21NO3/c1-13-9-10-17(22)16(11-13)20-21-19(14(2)12-24-20)15-7-5-4-6-8-18(15)23-3/h4,6-11,19,22H,2,5,12H2,1,3H3. The molecule has 1 atom stereocenters. The summed E-state index contributed by atoms with van der Waals surface area (Å²) in [6, 6.07) is 5.13. The van der Waals surface area contributed by atoms with Crippen LogP contribution < -0.4 is 0 Å². The van der Waals surface area contributed by atoms with Gasteiger partial charge in [0.05, 0.1) is 12.7 Å². The quantitative estimate of drug-likeness (QED) is 0.860. The minimum atomic E-state index is -0.250. The largest absolute Gasteiger partial charge is 0.507 e. The van der Waals surface area contributed by atoms with E-state index in [0.29, 0.717) is 18.1 Å². The molecule has 0 aromatic heterocycles. The lowest BCUT2D eigenvalue weighted by molar-refractivity contribution is 0.288. The molecule has 0 saturated carbocycles. The molecule has 124 valence electrons. The molecule has 24 heavy (non-hydrogen) atoms. The van der Waals surface area contributed by atoms with E-state index in [1.165, 1.54) is 0 Å². The first-order chi connectivity index (χ1) is 11.6. The highest BCUT2D eigenvalue weighted by atomic mass is 16.5. The molecular weight excluding hydrogens is 302 g/mol. The smallest absolute Gasteiger partial charge is 0.221 e. The number of nitrogens with zero attached hydrogens (tertiary/aromatic N) is 1. The van der Waals surface area contributed by atoms with Crippen molar-refractivity contribution in [3.05, 3.63) is 77.1 Å². The first kappa shape index (κ1) is 16.1. The highest BCUT2D eigenvalue weighted by Gasteiger charge is 2.27. The fraction of sp³-hybridized carbons (Fsp3) is 0.250. The summed E-state index contributed by atoms with van der Waals surface area (Å²) in [7, 11) is 1.65. The summed E-state index contributed by atoms with van der Waals surface area (Å²) < 4.78 is 11.2. The number of phenolic OH excluding ortho intramolecular Hbond substituents is 1. The molecule has 1 aliphatic heterocycles. The number of aryl methyl sites for hydroxylation is 1. The van der Waals surface area contributed by atoms with Crippen LogP contribution in [0.5, 0.6) is 5.75 Å². The van der Waals surface area contributed by atoms with Crippen LogP contribution in [0.15, 0.2) is 71.0 Å². The van der Waals surface area contributed by atoms with E-state index in [9.17, 15) is 5.11 Å². The highest BCUT2D eigenvalue weighted by Crippen LogP contribution is 2.30. The van der Waals surface area contributed by atoms with Gasteiger partial charge in [0, 0.05) is 5.57 Å². The first-order valence-electron chi connectivity index (χ1n) is 7.89. The average molecular weight is 323 g/mol. The summed E-state index contributed by atoms with van der Waals surface area (Å²) in [6.45, 7) is 6.43. The van der Waals surface area contributed by atoms with Crippen LogP contribution in [0, 0.1) is 6.92 Å². The number of allylic oxidation sites excluding steroid dienone is 4. The van der Waals surface area contributed by atoms with Crippen molar-refractivity contribution >= 4 is 5.90 Å². The Kier molecular flexibility index (Phi) is 4.56.